The molecule has 2 N–H and O–H groups in total. The summed E-state index contributed by atoms with van der Waals surface area (Å²) >= 11 is 1.43. The van der Waals surface area contributed by atoms with E-state index in [0.717, 1.165) is 43.1 Å². The maximum absolute atomic E-state index is 13.4. The molecule has 0 bridgehead atoms. The number of carboxylic acid groups (broad SMARTS) is 1. The van der Waals surface area contributed by atoms with E-state index in [1.54, 1.807) is 12.1 Å². The SMILES string of the molecule is CC1CN(Cc2cccc(F)c2)CCN1c1ccc(NC(=O)c2cccs2)cc1.O=C(O)C(F)(F)F. The van der Waals surface area contributed by atoms with Crippen LogP contribution in [0.5, 0.6) is 0 Å². The number of rotatable bonds is 5. The number of nitrogens with zero attached hydrogens (tertiary/aromatic N) is 2. The third-order valence-electron chi connectivity index (χ3n) is 5.45. The fraction of sp³-hybridized carbons (Fsp3) is 0.280. The maximum atomic E-state index is 13.4. The van der Waals surface area contributed by atoms with Crippen LogP contribution in [0.4, 0.5) is 28.9 Å². The first-order chi connectivity index (χ1) is 17.0. The van der Waals surface area contributed by atoms with Crippen LogP contribution in [0.15, 0.2) is 66.0 Å². The van der Waals surface area contributed by atoms with Gasteiger partial charge in [0.25, 0.3) is 5.91 Å². The number of carbonyl (C=O) groups is 2. The van der Waals surface area contributed by atoms with Gasteiger partial charge in [-0.2, -0.15) is 13.2 Å². The standard InChI is InChI=1S/C23H24FN3OS.C2HF3O2/c1-17-15-26(16-18-4-2-5-19(24)14-18)11-12-27(17)21-9-7-20(8-10-21)25-23(28)22-6-3-13-29-22;3-2(4,5)1(6)7/h2-10,13-14,17H,11-12,15-16H2,1H3,(H,25,28);(H,6,7). The fourth-order valence-electron chi connectivity index (χ4n) is 3.79. The van der Waals surface area contributed by atoms with E-state index >= 15 is 0 Å². The molecule has 1 atom stereocenters. The topological polar surface area (TPSA) is 72.9 Å². The quantitative estimate of drug-likeness (QED) is 0.433. The van der Waals surface area contributed by atoms with Gasteiger partial charge in [0, 0.05) is 43.6 Å². The van der Waals surface area contributed by atoms with Crippen LogP contribution in [0.1, 0.15) is 22.2 Å². The first-order valence-corrected chi connectivity index (χ1v) is 11.9. The van der Waals surface area contributed by atoms with E-state index in [9.17, 15) is 22.4 Å². The Morgan fingerprint density at radius 3 is 2.33 bits per heavy atom. The van der Waals surface area contributed by atoms with Crippen molar-refractivity contribution in [2.75, 3.05) is 29.9 Å². The van der Waals surface area contributed by atoms with Crippen LogP contribution < -0.4 is 10.2 Å². The van der Waals surface area contributed by atoms with Crippen molar-refractivity contribution >= 4 is 34.6 Å². The summed E-state index contributed by atoms with van der Waals surface area (Å²) in [6.45, 7) is 5.75. The smallest absolute Gasteiger partial charge is 0.475 e. The van der Waals surface area contributed by atoms with E-state index in [4.69, 9.17) is 9.90 Å². The van der Waals surface area contributed by atoms with Gasteiger partial charge in [0.05, 0.1) is 4.88 Å². The summed E-state index contributed by atoms with van der Waals surface area (Å²) in [7, 11) is 0. The Labute approximate surface area is 209 Å². The number of anilines is 2. The Balaban J connectivity index is 0.000000454. The van der Waals surface area contributed by atoms with Crippen molar-refractivity contribution in [3.63, 3.8) is 0 Å². The zero-order valence-corrected chi connectivity index (χ0v) is 20.2. The Morgan fingerprint density at radius 1 is 1.08 bits per heavy atom. The van der Waals surface area contributed by atoms with Gasteiger partial charge in [0.1, 0.15) is 5.82 Å². The molecule has 1 aliphatic rings. The monoisotopic (exact) mass is 523 g/mol. The van der Waals surface area contributed by atoms with Gasteiger partial charge in [-0.05, 0) is 60.3 Å². The number of hydrogen-bond acceptors (Lipinski definition) is 5. The number of alkyl halides is 3. The molecule has 1 fully saturated rings. The van der Waals surface area contributed by atoms with Crippen LogP contribution in [-0.4, -0.2) is 53.7 Å². The lowest BCUT2D eigenvalue weighted by Gasteiger charge is -2.41. The average Bonchev–Trinajstić information content (AvgIpc) is 3.35. The summed E-state index contributed by atoms with van der Waals surface area (Å²) in [6, 6.07) is 18.9. The van der Waals surface area contributed by atoms with Crippen LogP contribution in [0, 0.1) is 5.82 Å². The Kier molecular flexibility index (Phi) is 9.05. The third kappa shape index (κ3) is 7.79. The number of carboxylic acids is 1. The molecule has 1 aliphatic heterocycles. The van der Waals surface area contributed by atoms with Crippen molar-refractivity contribution in [1.29, 1.82) is 0 Å². The highest BCUT2D eigenvalue weighted by molar-refractivity contribution is 7.12. The molecule has 0 spiro atoms. The van der Waals surface area contributed by atoms with E-state index in [0.29, 0.717) is 10.9 Å². The van der Waals surface area contributed by atoms with Gasteiger partial charge >= 0.3 is 12.1 Å². The fourth-order valence-corrected chi connectivity index (χ4v) is 4.41. The molecule has 0 radical (unpaired) electrons. The molecule has 0 saturated carbocycles. The molecule has 11 heteroatoms. The molecule has 2 aromatic carbocycles. The van der Waals surface area contributed by atoms with E-state index in [1.165, 1.54) is 17.4 Å². The van der Waals surface area contributed by atoms with E-state index in [-0.39, 0.29) is 11.7 Å². The zero-order chi connectivity index (χ0) is 26.3. The van der Waals surface area contributed by atoms with Crippen LogP contribution in [-0.2, 0) is 11.3 Å². The second-order valence-electron chi connectivity index (χ2n) is 8.19. The summed E-state index contributed by atoms with van der Waals surface area (Å²) in [5.41, 5.74) is 2.96. The lowest BCUT2D eigenvalue weighted by atomic mass is 10.1. The molecule has 192 valence electrons. The van der Waals surface area contributed by atoms with Crippen LogP contribution in [0.25, 0.3) is 0 Å². The second kappa shape index (κ2) is 12.0. The van der Waals surface area contributed by atoms with Crippen molar-refractivity contribution in [3.8, 4) is 0 Å². The van der Waals surface area contributed by atoms with Crippen molar-refractivity contribution in [2.45, 2.75) is 25.7 Å². The summed E-state index contributed by atoms with van der Waals surface area (Å²) in [4.78, 5) is 26.5. The van der Waals surface area contributed by atoms with Gasteiger partial charge in [-0.1, -0.05) is 18.2 Å². The number of benzene rings is 2. The zero-order valence-electron chi connectivity index (χ0n) is 19.3. The predicted octanol–water partition coefficient (Wildman–Crippen LogP) is 5.48. The van der Waals surface area contributed by atoms with Gasteiger partial charge in [-0.15, -0.1) is 11.3 Å². The molecule has 2 heterocycles. The minimum Gasteiger partial charge on any atom is -0.475 e. The van der Waals surface area contributed by atoms with Gasteiger partial charge in [-0.3, -0.25) is 9.69 Å². The largest absolute Gasteiger partial charge is 0.490 e. The van der Waals surface area contributed by atoms with Crippen LogP contribution in [0.2, 0.25) is 0 Å². The second-order valence-corrected chi connectivity index (χ2v) is 9.14. The van der Waals surface area contributed by atoms with Crippen LogP contribution in [0.3, 0.4) is 0 Å². The summed E-state index contributed by atoms with van der Waals surface area (Å²) in [5, 5.41) is 12.0. The number of carbonyl (C=O) groups excluding carboxylic acids is 1. The Hall–Kier alpha value is -3.44. The lowest BCUT2D eigenvalue weighted by Crippen LogP contribution is -2.51. The highest BCUT2D eigenvalue weighted by Crippen LogP contribution is 2.24. The molecule has 1 saturated heterocycles. The summed E-state index contributed by atoms with van der Waals surface area (Å²) in [6.07, 6.45) is -5.08. The molecular formula is C25H25F4N3O3S. The highest BCUT2D eigenvalue weighted by atomic mass is 32.1. The average molecular weight is 524 g/mol. The van der Waals surface area contributed by atoms with E-state index in [2.05, 4.69) is 34.2 Å². The Morgan fingerprint density at radius 2 is 1.78 bits per heavy atom. The normalized spacial score (nSPS) is 16.1. The van der Waals surface area contributed by atoms with Crippen LogP contribution >= 0.6 is 11.3 Å². The first kappa shape index (κ1) is 27.2. The summed E-state index contributed by atoms with van der Waals surface area (Å²) < 4.78 is 45.2. The van der Waals surface area contributed by atoms with Gasteiger partial charge in [0.2, 0.25) is 0 Å². The first-order valence-electron chi connectivity index (χ1n) is 11.0. The van der Waals surface area contributed by atoms with Gasteiger partial charge in [-0.25, -0.2) is 9.18 Å². The summed E-state index contributed by atoms with van der Waals surface area (Å²) in [5.74, 6) is -3.01. The Bertz CT molecular complexity index is 1150. The molecule has 1 aromatic heterocycles. The van der Waals surface area contributed by atoms with Gasteiger partial charge in [0.15, 0.2) is 0 Å². The molecule has 1 unspecified atom stereocenters. The minimum atomic E-state index is -5.08. The van der Waals surface area contributed by atoms with E-state index < -0.39 is 12.1 Å². The van der Waals surface area contributed by atoms with Crippen molar-refractivity contribution in [1.82, 2.24) is 4.90 Å². The molecule has 1 amide bonds. The van der Waals surface area contributed by atoms with Crippen molar-refractivity contribution in [3.05, 3.63) is 82.3 Å². The highest BCUT2D eigenvalue weighted by Gasteiger charge is 2.38. The molecule has 36 heavy (non-hydrogen) atoms. The number of hydrogen-bond donors (Lipinski definition) is 2. The maximum Gasteiger partial charge on any atom is 0.490 e. The number of halogens is 4. The molecule has 6 nitrogen and oxygen atoms in total. The predicted molar refractivity (Wildman–Crippen MR) is 131 cm³/mol. The molecule has 0 aliphatic carbocycles. The number of piperazine rings is 1. The lowest BCUT2D eigenvalue weighted by molar-refractivity contribution is -0.192. The third-order valence-corrected chi connectivity index (χ3v) is 6.32. The minimum absolute atomic E-state index is 0.0768. The number of thiophene rings is 1. The van der Waals surface area contributed by atoms with Crippen molar-refractivity contribution in [2.24, 2.45) is 0 Å². The molecule has 4 rings (SSSR count). The van der Waals surface area contributed by atoms with Gasteiger partial charge < -0.3 is 15.3 Å². The number of amides is 1. The molecular weight excluding hydrogens is 498 g/mol. The molecule has 3 aromatic rings. The number of nitrogens with one attached hydrogen (secondary N) is 1. The van der Waals surface area contributed by atoms with Crippen molar-refractivity contribution < 1.29 is 32.3 Å². The van der Waals surface area contributed by atoms with E-state index in [1.807, 2.05) is 35.7 Å². The number of aliphatic carboxylic acids is 1.